The van der Waals surface area contributed by atoms with E-state index >= 15 is 0 Å². The summed E-state index contributed by atoms with van der Waals surface area (Å²) in [7, 11) is 4.41. The lowest BCUT2D eigenvalue weighted by Crippen LogP contribution is -2.47. The average molecular weight is 504 g/mol. The maximum atomic E-state index is 14.1. The van der Waals surface area contributed by atoms with E-state index in [-0.39, 0.29) is 23.0 Å². The highest BCUT2D eigenvalue weighted by Gasteiger charge is 2.54. The highest BCUT2D eigenvalue weighted by atomic mass is 16.5. The normalized spacial score (nSPS) is 32.2. The predicted molar refractivity (Wildman–Crippen MR) is 149 cm³/mol. The van der Waals surface area contributed by atoms with Crippen molar-refractivity contribution in [1.29, 1.82) is 0 Å². The van der Waals surface area contributed by atoms with Gasteiger partial charge in [-0.3, -0.25) is 4.79 Å². The minimum atomic E-state index is -0.164. The number of nitrogens with zero attached hydrogens (tertiary/aromatic N) is 2. The Labute approximate surface area is 223 Å². The molecule has 2 saturated carbocycles. The van der Waals surface area contributed by atoms with Crippen molar-refractivity contribution in [2.75, 3.05) is 27.2 Å². The molecule has 1 aromatic carbocycles. The summed E-state index contributed by atoms with van der Waals surface area (Å²) in [6.45, 7) is 12.5. The number of hydrogen-bond acceptors (Lipinski definition) is 4. The van der Waals surface area contributed by atoms with Crippen molar-refractivity contribution in [2.24, 2.45) is 5.92 Å². The second kappa shape index (κ2) is 8.62. The van der Waals surface area contributed by atoms with E-state index in [2.05, 4.69) is 76.0 Å². The summed E-state index contributed by atoms with van der Waals surface area (Å²) < 4.78 is 6.88. The topological polar surface area (TPSA) is 44.8 Å². The van der Waals surface area contributed by atoms with Gasteiger partial charge in [0.05, 0.1) is 0 Å². The smallest absolute Gasteiger partial charge is 0.254 e. The zero-order valence-corrected chi connectivity index (χ0v) is 24.0. The van der Waals surface area contributed by atoms with E-state index in [1.54, 1.807) is 0 Å². The Morgan fingerprint density at radius 3 is 2.46 bits per heavy atom. The molecule has 2 unspecified atom stereocenters. The molecule has 0 aromatic heterocycles. The molecular weight excluding hydrogens is 458 g/mol. The van der Waals surface area contributed by atoms with E-state index in [1.807, 2.05) is 0 Å². The quantitative estimate of drug-likeness (QED) is 0.589. The molecule has 6 rings (SSSR count). The third-order valence-corrected chi connectivity index (χ3v) is 10.4. The number of fused-ring (bicyclic) bond motifs is 3. The molecule has 3 heterocycles. The van der Waals surface area contributed by atoms with Crippen molar-refractivity contribution in [2.45, 2.75) is 103 Å². The number of benzene rings is 1. The van der Waals surface area contributed by atoms with Gasteiger partial charge in [-0.05, 0) is 122 Å². The second-order valence-corrected chi connectivity index (χ2v) is 13.3. The zero-order valence-electron chi connectivity index (χ0n) is 24.0. The summed E-state index contributed by atoms with van der Waals surface area (Å²) in [5.41, 5.74) is 8.45. The van der Waals surface area contributed by atoms with Gasteiger partial charge in [-0.15, -0.1) is 0 Å². The molecule has 1 aromatic rings. The summed E-state index contributed by atoms with van der Waals surface area (Å²) in [6, 6.07) is 3.33. The van der Waals surface area contributed by atoms with E-state index in [9.17, 15) is 4.79 Å². The molecule has 200 valence electrons. The number of ether oxygens (including phenoxy) is 1. The zero-order chi connectivity index (χ0) is 26.3. The Morgan fingerprint density at radius 2 is 1.84 bits per heavy atom. The number of rotatable bonds is 4. The minimum absolute atomic E-state index is 0.136. The van der Waals surface area contributed by atoms with Crippen LogP contribution in [0.5, 0.6) is 5.75 Å². The fraction of sp³-hybridized carbons (Fsp3) is 0.656. The van der Waals surface area contributed by atoms with Gasteiger partial charge in [0.1, 0.15) is 11.4 Å². The van der Waals surface area contributed by atoms with E-state index in [1.165, 1.54) is 66.5 Å². The van der Waals surface area contributed by atoms with Gasteiger partial charge in [0.2, 0.25) is 0 Å². The maximum absolute atomic E-state index is 14.1. The first kappa shape index (κ1) is 25.0. The summed E-state index contributed by atoms with van der Waals surface area (Å²) in [4.78, 5) is 18.6. The molecule has 1 amide bonds. The summed E-state index contributed by atoms with van der Waals surface area (Å²) in [5, 5.41) is 3.56. The van der Waals surface area contributed by atoms with E-state index in [0.29, 0.717) is 18.5 Å². The van der Waals surface area contributed by atoms with Gasteiger partial charge in [0, 0.05) is 53.8 Å². The van der Waals surface area contributed by atoms with Crippen molar-refractivity contribution in [3.05, 3.63) is 51.2 Å². The number of amides is 1. The van der Waals surface area contributed by atoms with Gasteiger partial charge in [-0.1, -0.05) is 6.07 Å². The second-order valence-electron chi connectivity index (χ2n) is 13.3. The summed E-state index contributed by atoms with van der Waals surface area (Å²) >= 11 is 0. The van der Waals surface area contributed by atoms with Crippen LogP contribution in [0.3, 0.4) is 0 Å². The first-order valence-electron chi connectivity index (χ1n) is 14.5. The van der Waals surface area contributed by atoms with Gasteiger partial charge < -0.3 is 19.9 Å². The molecule has 1 N–H and O–H groups in total. The predicted octanol–water partition coefficient (Wildman–Crippen LogP) is 5.51. The van der Waals surface area contributed by atoms with Crippen LogP contribution in [0.4, 0.5) is 0 Å². The Balaban J connectivity index is 1.29. The average Bonchev–Trinajstić information content (AvgIpc) is 3.52. The molecule has 0 bridgehead atoms. The van der Waals surface area contributed by atoms with E-state index < -0.39 is 0 Å². The van der Waals surface area contributed by atoms with Crippen LogP contribution in [0, 0.1) is 12.8 Å². The minimum Gasteiger partial charge on any atom is -0.486 e. The van der Waals surface area contributed by atoms with Gasteiger partial charge in [0.15, 0.2) is 0 Å². The van der Waals surface area contributed by atoms with Crippen LogP contribution in [-0.2, 0) is 11.8 Å². The summed E-state index contributed by atoms with van der Waals surface area (Å²) in [5.74, 6) is 1.76. The number of dihydropyridines is 1. The van der Waals surface area contributed by atoms with Crippen molar-refractivity contribution in [1.82, 2.24) is 15.1 Å². The molecule has 5 nitrogen and oxygen atoms in total. The molecular formula is C32H45N3O2. The SMILES string of the molecule is CC1=CC(C)=C(CN2CC3(CC3)c3cc4c(c(C)c3C2=O)OC(C)(C2CCC(N(C)C)CC2)C4)C(C)N1. The van der Waals surface area contributed by atoms with Crippen LogP contribution in [0.25, 0.3) is 0 Å². The molecule has 2 aliphatic carbocycles. The Morgan fingerprint density at radius 1 is 1.14 bits per heavy atom. The van der Waals surface area contributed by atoms with Crippen LogP contribution in [-0.4, -0.2) is 60.6 Å². The fourth-order valence-electron chi connectivity index (χ4n) is 8.00. The highest BCUT2D eigenvalue weighted by Crippen LogP contribution is 2.56. The van der Waals surface area contributed by atoms with Crippen molar-refractivity contribution < 1.29 is 9.53 Å². The fourth-order valence-corrected chi connectivity index (χ4v) is 8.00. The van der Waals surface area contributed by atoms with Gasteiger partial charge in [0.25, 0.3) is 5.91 Å². The number of allylic oxidation sites excluding steroid dienone is 3. The largest absolute Gasteiger partial charge is 0.486 e. The highest BCUT2D eigenvalue weighted by molar-refractivity contribution is 6.00. The third kappa shape index (κ3) is 4.04. The van der Waals surface area contributed by atoms with E-state index in [0.717, 1.165) is 29.8 Å². The van der Waals surface area contributed by atoms with Crippen LogP contribution in [0.2, 0.25) is 0 Å². The van der Waals surface area contributed by atoms with Crippen molar-refractivity contribution in [3.8, 4) is 5.75 Å². The molecule has 2 atom stereocenters. The number of carbonyl (C=O) groups is 1. The third-order valence-electron chi connectivity index (χ3n) is 10.4. The first-order chi connectivity index (χ1) is 17.5. The molecule has 5 aliphatic rings. The van der Waals surface area contributed by atoms with Crippen LogP contribution >= 0.6 is 0 Å². The number of nitrogens with one attached hydrogen (secondary N) is 1. The van der Waals surface area contributed by atoms with Crippen molar-refractivity contribution >= 4 is 5.91 Å². The molecule has 3 aliphatic heterocycles. The Hall–Kier alpha value is -2.27. The lowest BCUT2D eigenvalue weighted by molar-refractivity contribution is 0.0158. The number of carbonyl (C=O) groups excluding carboxylic acids is 1. The van der Waals surface area contributed by atoms with Crippen LogP contribution < -0.4 is 10.1 Å². The Bertz CT molecular complexity index is 1200. The monoisotopic (exact) mass is 503 g/mol. The lowest BCUT2D eigenvalue weighted by atomic mass is 9.74. The molecule has 0 saturated heterocycles. The lowest BCUT2D eigenvalue weighted by Gasteiger charge is -2.40. The van der Waals surface area contributed by atoms with Crippen LogP contribution in [0.15, 0.2) is 29.0 Å². The van der Waals surface area contributed by atoms with E-state index in [4.69, 9.17) is 4.74 Å². The standard InChI is InChI=1S/C32H45N3O2/c1-19-14-20(2)33-22(4)26(19)17-35-18-32(12-13-32)27-15-23-16-31(5,24-8-10-25(11-9-24)34(6)7)37-29(23)21(3)28(27)30(35)36/h14-15,22,24-25,33H,8-13,16-18H2,1-7H3. The first-order valence-corrected chi connectivity index (χ1v) is 14.5. The van der Waals surface area contributed by atoms with Crippen molar-refractivity contribution in [3.63, 3.8) is 0 Å². The Kier molecular flexibility index (Phi) is 5.83. The van der Waals surface area contributed by atoms with Crippen LogP contribution in [0.1, 0.15) is 93.3 Å². The number of hydrogen-bond donors (Lipinski definition) is 1. The maximum Gasteiger partial charge on any atom is 0.254 e. The van der Waals surface area contributed by atoms with Gasteiger partial charge >= 0.3 is 0 Å². The van der Waals surface area contributed by atoms with Gasteiger partial charge in [-0.2, -0.15) is 0 Å². The summed E-state index contributed by atoms with van der Waals surface area (Å²) in [6.07, 6.45) is 10.5. The molecule has 0 radical (unpaired) electrons. The molecule has 37 heavy (non-hydrogen) atoms. The molecule has 2 fully saturated rings. The molecule has 1 spiro atoms. The van der Waals surface area contributed by atoms with Gasteiger partial charge in [-0.25, -0.2) is 0 Å². The molecule has 5 heteroatoms.